The third-order valence-electron chi connectivity index (χ3n) is 3.28. The molecule has 0 aliphatic rings. The zero-order chi connectivity index (χ0) is 14.8. The number of pyridine rings is 1. The van der Waals surface area contributed by atoms with E-state index in [1.165, 1.54) is 0 Å². The van der Waals surface area contributed by atoms with E-state index in [1.807, 2.05) is 24.3 Å². The van der Waals surface area contributed by atoms with Crippen LogP contribution in [-0.4, -0.2) is 21.6 Å². The number of aromatic nitrogens is 1. The molecule has 0 spiro atoms. The van der Waals surface area contributed by atoms with Gasteiger partial charge in [-0.3, -0.25) is 0 Å². The average Bonchev–Trinajstić information content (AvgIpc) is 2.37. The Morgan fingerprint density at radius 2 is 2.05 bits per heavy atom. The molecule has 2 N–H and O–H groups in total. The van der Waals surface area contributed by atoms with Crippen LogP contribution in [0.1, 0.15) is 44.1 Å². The van der Waals surface area contributed by atoms with Gasteiger partial charge in [-0.2, -0.15) is 0 Å². The summed E-state index contributed by atoms with van der Waals surface area (Å²) in [6.45, 7) is 6.37. The van der Waals surface area contributed by atoms with Crippen LogP contribution in [-0.2, 0) is 0 Å². The molecule has 4 heteroatoms. The minimum Gasteiger partial charge on any atom is -0.477 e. The number of anilines is 1. The van der Waals surface area contributed by atoms with Crippen LogP contribution < -0.4 is 5.32 Å². The van der Waals surface area contributed by atoms with Crippen molar-refractivity contribution in [1.82, 2.24) is 4.98 Å². The van der Waals surface area contributed by atoms with Gasteiger partial charge in [0.05, 0.1) is 5.52 Å². The van der Waals surface area contributed by atoms with Crippen molar-refractivity contribution in [2.75, 3.05) is 5.32 Å². The molecule has 0 aliphatic carbocycles. The van der Waals surface area contributed by atoms with E-state index < -0.39 is 5.97 Å². The van der Waals surface area contributed by atoms with Crippen molar-refractivity contribution in [1.29, 1.82) is 0 Å². The van der Waals surface area contributed by atoms with Crippen LogP contribution in [0.25, 0.3) is 10.9 Å². The number of rotatable bonds is 5. The number of nitrogens with one attached hydrogen (secondary N) is 1. The van der Waals surface area contributed by atoms with Gasteiger partial charge in [-0.15, -0.1) is 0 Å². The molecule has 0 saturated heterocycles. The fourth-order valence-electron chi connectivity index (χ4n) is 2.44. The molecule has 106 valence electrons. The summed E-state index contributed by atoms with van der Waals surface area (Å²) in [5.74, 6) is -1.01. The molecule has 1 heterocycles. The molecule has 1 aromatic carbocycles. The van der Waals surface area contributed by atoms with Crippen molar-refractivity contribution < 1.29 is 9.90 Å². The molecule has 0 radical (unpaired) electrons. The van der Waals surface area contributed by atoms with E-state index in [1.54, 1.807) is 6.07 Å². The number of benzene rings is 1. The largest absolute Gasteiger partial charge is 0.477 e. The number of fused-ring (bicyclic) bond motifs is 1. The number of carbonyl (C=O) groups is 1. The smallest absolute Gasteiger partial charge is 0.354 e. The van der Waals surface area contributed by atoms with E-state index in [-0.39, 0.29) is 11.2 Å². The average molecular weight is 272 g/mol. The van der Waals surface area contributed by atoms with Crippen LogP contribution in [0.5, 0.6) is 0 Å². The summed E-state index contributed by atoms with van der Waals surface area (Å²) in [6.07, 6.45) is 2.07. The van der Waals surface area contributed by atoms with E-state index >= 15 is 0 Å². The van der Waals surface area contributed by atoms with Crippen LogP contribution in [0, 0.1) is 0 Å². The normalized spacial score (nSPS) is 11.6. The molecular formula is C16H20N2O2. The summed E-state index contributed by atoms with van der Waals surface area (Å²) >= 11 is 0. The maximum atomic E-state index is 11.2. The third kappa shape index (κ3) is 3.07. The molecule has 0 unspecified atom stereocenters. The number of nitrogens with zero attached hydrogens (tertiary/aromatic N) is 1. The molecule has 0 bridgehead atoms. The number of carboxylic acids is 1. The Kier molecular flexibility index (Phi) is 3.93. The van der Waals surface area contributed by atoms with Crippen molar-refractivity contribution in [3.8, 4) is 0 Å². The summed E-state index contributed by atoms with van der Waals surface area (Å²) < 4.78 is 0. The predicted octanol–water partition coefficient (Wildman–Crippen LogP) is 3.92. The fourth-order valence-corrected chi connectivity index (χ4v) is 2.44. The highest BCUT2D eigenvalue weighted by molar-refractivity contribution is 5.97. The van der Waals surface area contributed by atoms with Crippen molar-refractivity contribution >= 4 is 22.6 Å². The number of carboxylic acid groups (broad SMARTS) is 1. The fraction of sp³-hybridized carbons (Fsp3) is 0.375. The van der Waals surface area contributed by atoms with E-state index in [2.05, 4.69) is 31.1 Å². The standard InChI is InChI=1S/C16H20N2O2/c1-4-9-16(2,3)18-13-10-14(15(19)20)17-12-8-6-5-7-11(12)13/h5-8,10H,4,9H2,1-3H3,(H,17,18)(H,19,20). The Morgan fingerprint density at radius 1 is 1.35 bits per heavy atom. The van der Waals surface area contributed by atoms with Gasteiger partial charge in [0, 0.05) is 16.6 Å². The first kappa shape index (κ1) is 14.3. The minimum atomic E-state index is -1.01. The lowest BCUT2D eigenvalue weighted by Crippen LogP contribution is -2.30. The lowest BCUT2D eigenvalue weighted by atomic mass is 9.98. The highest BCUT2D eigenvalue weighted by Gasteiger charge is 2.19. The van der Waals surface area contributed by atoms with Crippen molar-refractivity contribution in [3.05, 3.63) is 36.0 Å². The Balaban J connectivity index is 2.52. The molecular weight excluding hydrogens is 252 g/mol. The maximum Gasteiger partial charge on any atom is 0.354 e. The molecule has 20 heavy (non-hydrogen) atoms. The van der Waals surface area contributed by atoms with Crippen LogP contribution >= 0.6 is 0 Å². The Hall–Kier alpha value is -2.10. The molecule has 0 atom stereocenters. The lowest BCUT2D eigenvalue weighted by Gasteiger charge is -2.28. The summed E-state index contributed by atoms with van der Waals surface area (Å²) in [7, 11) is 0. The van der Waals surface area contributed by atoms with Crippen LogP contribution in [0.3, 0.4) is 0 Å². The van der Waals surface area contributed by atoms with Gasteiger partial charge in [-0.1, -0.05) is 31.5 Å². The van der Waals surface area contributed by atoms with Crippen molar-refractivity contribution in [3.63, 3.8) is 0 Å². The molecule has 2 aromatic rings. The van der Waals surface area contributed by atoms with Gasteiger partial charge < -0.3 is 10.4 Å². The van der Waals surface area contributed by atoms with Gasteiger partial charge in [0.2, 0.25) is 0 Å². The number of aromatic carboxylic acids is 1. The first-order chi connectivity index (χ1) is 9.43. The van der Waals surface area contributed by atoms with Gasteiger partial charge >= 0.3 is 5.97 Å². The van der Waals surface area contributed by atoms with E-state index in [0.717, 1.165) is 23.9 Å². The molecule has 0 fully saturated rings. The van der Waals surface area contributed by atoms with E-state index in [4.69, 9.17) is 0 Å². The Bertz CT molecular complexity index is 635. The second-order valence-electron chi connectivity index (χ2n) is 5.64. The zero-order valence-electron chi connectivity index (χ0n) is 12.1. The number of para-hydroxylation sites is 1. The van der Waals surface area contributed by atoms with Gasteiger partial charge in [0.15, 0.2) is 5.69 Å². The number of hydrogen-bond donors (Lipinski definition) is 2. The summed E-state index contributed by atoms with van der Waals surface area (Å²) in [6, 6.07) is 9.20. The zero-order valence-corrected chi connectivity index (χ0v) is 12.1. The number of hydrogen-bond acceptors (Lipinski definition) is 3. The van der Waals surface area contributed by atoms with Gasteiger partial charge in [0.1, 0.15) is 0 Å². The highest BCUT2D eigenvalue weighted by atomic mass is 16.4. The van der Waals surface area contributed by atoms with Crippen molar-refractivity contribution in [2.45, 2.75) is 39.2 Å². The van der Waals surface area contributed by atoms with E-state index in [0.29, 0.717) is 5.52 Å². The molecule has 0 saturated carbocycles. The van der Waals surface area contributed by atoms with Crippen LogP contribution in [0.4, 0.5) is 5.69 Å². The second-order valence-corrected chi connectivity index (χ2v) is 5.64. The minimum absolute atomic E-state index is 0.0681. The first-order valence-corrected chi connectivity index (χ1v) is 6.84. The summed E-state index contributed by atoms with van der Waals surface area (Å²) in [5.41, 5.74) is 1.50. The van der Waals surface area contributed by atoms with E-state index in [9.17, 15) is 9.90 Å². The van der Waals surface area contributed by atoms with Crippen LogP contribution in [0.2, 0.25) is 0 Å². The second kappa shape index (κ2) is 5.49. The Labute approximate surface area is 118 Å². The van der Waals surface area contributed by atoms with Gasteiger partial charge in [-0.25, -0.2) is 9.78 Å². The topological polar surface area (TPSA) is 62.2 Å². The predicted molar refractivity (Wildman–Crippen MR) is 81.3 cm³/mol. The molecule has 0 amide bonds. The molecule has 4 nitrogen and oxygen atoms in total. The van der Waals surface area contributed by atoms with Crippen LogP contribution in [0.15, 0.2) is 30.3 Å². The Morgan fingerprint density at radius 3 is 2.70 bits per heavy atom. The summed E-state index contributed by atoms with van der Waals surface area (Å²) in [4.78, 5) is 15.4. The molecule has 2 rings (SSSR count). The third-order valence-corrected chi connectivity index (χ3v) is 3.28. The monoisotopic (exact) mass is 272 g/mol. The summed E-state index contributed by atoms with van der Waals surface area (Å²) in [5, 5.41) is 13.6. The maximum absolute atomic E-state index is 11.2. The van der Waals surface area contributed by atoms with Gasteiger partial charge in [0.25, 0.3) is 0 Å². The molecule has 1 aromatic heterocycles. The van der Waals surface area contributed by atoms with Crippen molar-refractivity contribution in [2.24, 2.45) is 0 Å². The molecule has 0 aliphatic heterocycles. The first-order valence-electron chi connectivity index (χ1n) is 6.84. The quantitative estimate of drug-likeness (QED) is 0.865. The highest BCUT2D eigenvalue weighted by Crippen LogP contribution is 2.27. The van der Waals surface area contributed by atoms with Gasteiger partial charge in [-0.05, 0) is 32.4 Å². The lowest BCUT2D eigenvalue weighted by molar-refractivity contribution is 0.0691. The SMILES string of the molecule is CCCC(C)(C)Nc1cc(C(=O)O)nc2ccccc12.